The quantitative estimate of drug-likeness (QED) is 0.848. The third-order valence-electron chi connectivity index (χ3n) is 4.96. The van der Waals surface area contributed by atoms with Crippen molar-refractivity contribution in [2.75, 3.05) is 44.3 Å². The first kappa shape index (κ1) is 16.1. The number of nitrogens with zero attached hydrogens (tertiary/aromatic N) is 5. The van der Waals surface area contributed by atoms with E-state index in [2.05, 4.69) is 19.4 Å². The van der Waals surface area contributed by atoms with E-state index in [0.29, 0.717) is 11.6 Å². The molecule has 0 aliphatic carbocycles. The second kappa shape index (κ2) is 7.23. The van der Waals surface area contributed by atoms with Crippen LogP contribution in [0.1, 0.15) is 29.2 Å². The van der Waals surface area contributed by atoms with E-state index >= 15 is 0 Å². The van der Waals surface area contributed by atoms with E-state index in [9.17, 15) is 4.79 Å². The number of imidazole rings is 1. The number of ether oxygens (including phenoxy) is 1. The SMILES string of the molecule is O=C(c1ccc(N2CCOCC2)nc1)N1CCC[C@@H](n2ccnc2)C1. The number of likely N-dealkylation sites (tertiary alicyclic amines) is 1. The van der Waals surface area contributed by atoms with Crippen LogP contribution in [-0.2, 0) is 4.74 Å². The number of carbonyl (C=O) groups excluding carboxylic acids is 1. The van der Waals surface area contributed by atoms with Crippen LogP contribution in [0.25, 0.3) is 0 Å². The van der Waals surface area contributed by atoms with Crippen molar-refractivity contribution < 1.29 is 9.53 Å². The molecular weight excluding hydrogens is 318 g/mol. The lowest BCUT2D eigenvalue weighted by molar-refractivity contribution is 0.0679. The van der Waals surface area contributed by atoms with Crippen LogP contribution in [0.2, 0.25) is 0 Å². The van der Waals surface area contributed by atoms with Gasteiger partial charge in [-0.2, -0.15) is 0 Å². The third kappa shape index (κ3) is 3.51. The molecule has 25 heavy (non-hydrogen) atoms. The summed E-state index contributed by atoms with van der Waals surface area (Å²) < 4.78 is 7.46. The summed E-state index contributed by atoms with van der Waals surface area (Å²) in [6, 6.07) is 4.14. The Bertz CT molecular complexity index is 695. The molecule has 4 rings (SSSR count). The van der Waals surface area contributed by atoms with Gasteiger partial charge in [0.05, 0.1) is 31.1 Å². The Labute approximate surface area is 147 Å². The van der Waals surface area contributed by atoms with E-state index in [1.54, 1.807) is 12.4 Å². The predicted octanol–water partition coefficient (Wildman–Crippen LogP) is 1.59. The first-order valence-corrected chi connectivity index (χ1v) is 8.87. The number of carbonyl (C=O) groups is 1. The smallest absolute Gasteiger partial charge is 0.255 e. The van der Waals surface area contributed by atoms with E-state index in [1.165, 1.54) is 0 Å². The normalized spacial score (nSPS) is 21.4. The number of piperidine rings is 1. The molecule has 4 heterocycles. The average Bonchev–Trinajstić information content (AvgIpc) is 3.23. The van der Waals surface area contributed by atoms with Crippen LogP contribution in [0.15, 0.2) is 37.1 Å². The highest BCUT2D eigenvalue weighted by molar-refractivity contribution is 5.94. The molecule has 0 bridgehead atoms. The van der Waals surface area contributed by atoms with E-state index in [4.69, 9.17) is 4.74 Å². The van der Waals surface area contributed by atoms with Crippen molar-refractivity contribution in [1.29, 1.82) is 0 Å². The van der Waals surface area contributed by atoms with Crippen LogP contribution in [0, 0.1) is 0 Å². The van der Waals surface area contributed by atoms with Gasteiger partial charge >= 0.3 is 0 Å². The van der Waals surface area contributed by atoms with Crippen molar-refractivity contribution in [1.82, 2.24) is 19.4 Å². The standard InChI is InChI=1S/C18H23N5O2/c24-18(22-6-1-2-16(13-22)23-7-5-19-14-23)15-3-4-17(20-12-15)21-8-10-25-11-9-21/h3-5,7,12,14,16H,1-2,6,8-11,13H2/t16-/m1/s1. The summed E-state index contributed by atoms with van der Waals surface area (Å²) in [5, 5.41) is 0. The maximum Gasteiger partial charge on any atom is 0.255 e. The Hall–Kier alpha value is -2.41. The van der Waals surface area contributed by atoms with Gasteiger partial charge in [0.2, 0.25) is 0 Å². The second-order valence-corrected chi connectivity index (χ2v) is 6.56. The molecule has 0 unspecified atom stereocenters. The molecule has 132 valence electrons. The molecule has 2 fully saturated rings. The number of hydrogen-bond donors (Lipinski definition) is 0. The van der Waals surface area contributed by atoms with E-state index in [0.717, 1.165) is 58.1 Å². The fourth-order valence-corrected chi connectivity index (χ4v) is 3.54. The number of hydrogen-bond acceptors (Lipinski definition) is 5. The molecule has 2 aliphatic heterocycles. The zero-order valence-corrected chi connectivity index (χ0v) is 14.3. The molecule has 2 aliphatic rings. The Morgan fingerprint density at radius 1 is 1.20 bits per heavy atom. The highest BCUT2D eigenvalue weighted by Gasteiger charge is 2.25. The van der Waals surface area contributed by atoms with Gasteiger partial charge in [0.25, 0.3) is 5.91 Å². The lowest BCUT2D eigenvalue weighted by Crippen LogP contribution is -2.40. The monoisotopic (exact) mass is 341 g/mol. The largest absolute Gasteiger partial charge is 0.378 e. The lowest BCUT2D eigenvalue weighted by atomic mass is 10.0. The number of anilines is 1. The second-order valence-electron chi connectivity index (χ2n) is 6.56. The van der Waals surface area contributed by atoms with Crippen molar-refractivity contribution >= 4 is 11.7 Å². The molecule has 0 saturated carbocycles. The van der Waals surface area contributed by atoms with Crippen LogP contribution < -0.4 is 4.90 Å². The molecular formula is C18H23N5O2. The summed E-state index contributed by atoms with van der Waals surface area (Å²) in [7, 11) is 0. The third-order valence-corrected chi connectivity index (χ3v) is 4.96. The van der Waals surface area contributed by atoms with Crippen LogP contribution in [0.3, 0.4) is 0 Å². The first-order valence-electron chi connectivity index (χ1n) is 8.87. The molecule has 1 atom stereocenters. The van der Waals surface area contributed by atoms with Crippen LogP contribution in [0.4, 0.5) is 5.82 Å². The molecule has 2 aromatic rings. The van der Waals surface area contributed by atoms with E-state index < -0.39 is 0 Å². The molecule has 0 radical (unpaired) electrons. The predicted molar refractivity (Wildman–Crippen MR) is 93.7 cm³/mol. The minimum absolute atomic E-state index is 0.0610. The summed E-state index contributed by atoms with van der Waals surface area (Å²) >= 11 is 0. The summed E-state index contributed by atoms with van der Waals surface area (Å²) in [5.74, 6) is 0.973. The summed E-state index contributed by atoms with van der Waals surface area (Å²) in [6.07, 6.45) is 9.37. The Morgan fingerprint density at radius 2 is 2.08 bits per heavy atom. The van der Waals surface area contributed by atoms with Gasteiger partial charge in [-0.1, -0.05) is 0 Å². The van der Waals surface area contributed by atoms with Gasteiger partial charge in [0.15, 0.2) is 0 Å². The molecule has 7 heteroatoms. The van der Waals surface area contributed by atoms with E-state index in [1.807, 2.05) is 29.6 Å². The lowest BCUT2D eigenvalue weighted by Gasteiger charge is -2.33. The number of aromatic nitrogens is 3. The highest BCUT2D eigenvalue weighted by atomic mass is 16.5. The fraction of sp³-hybridized carbons (Fsp3) is 0.500. The van der Waals surface area contributed by atoms with Crippen LogP contribution in [0.5, 0.6) is 0 Å². The Balaban J connectivity index is 1.43. The van der Waals surface area contributed by atoms with Gasteiger partial charge in [-0.05, 0) is 25.0 Å². The van der Waals surface area contributed by atoms with Crippen molar-refractivity contribution in [3.05, 3.63) is 42.6 Å². The summed E-state index contributed by atoms with van der Waals surface area (Å²) in [5.41, 5.74) is 0.656. The van der Waals surface area contributed by atoms with E-state index in [-0.39, 0.29) is 5.91 Å². The summed E-state index contributed by atoms with van der Waals surface area (Å²) in [4.78, 5) is 25.6. The van der Waals surface area contributed by atoms with Gasteiger partial charge < -0.3 is 19.1 Å². The van der Waals surface area contributed by atoms with Crippen LogP contribution >= 0.6 is 0 Å². The molecule has 2 saturated heterocycles. The number of pyridine rings is 1. The Kier molecular flexibility index (Phi) is 4.65. The molecule has 7 nitrogen and oxygen atoms in total. The molecule has 0 spiro atoms. The maximum atomic E-state index is 12.8. The molecule has 2 aromatic heterocycles. The zero-order chi connectivity index (χ0) is 17.1. The minimum atomic E-state index is 0.0610. The molecule has 0 aromatic carbocycles. The fourth-order valence-electron chi connectivity index (χ4n) is 3.54. The maximum absolute atomic E-state index is 12.8. The number of morpholine rings is 1. The van der Waals surface area contributed by atoms with Crippen molar-refractivity contribution in [2.24, 2.45) is 0 Å². The van der Waals surface area contributed by atoms with Gasteiger partial charge in [-0.15, -0.1) is 0 Å². The highest BCUT2D eigenvalue weighted by Crippen LogP contribution is 2.23. The average molecular weight is 341 g/mol. The van der Waals surface area contributed by atoms with Crippen molar-refractivity contribution in [2.45, 2.75) is 18.9 Å². The van der Waals surface area contributed by atoms with Gasteiger partial charge in [-0.25, -0.2) is 9.97 Å². The van der Waals surface area contributed by atoms with Gasteiger partial charge in [0, 0.05) is 44.8 Å². The Morgan fingerprint density at radius 3 is 2.80 bits per heavy atom. The molecule has 1 amide bonds. The molecule has 0 N–H and O–H groups in total. The van der Waals surface area contributed by atoms with Gasteiger partial charge in [-0.3, -0.25) is 4.79 Å². The van der Waals surface area contributed by atoms with Gasteiger partial charge in [0.1, 0.15) is 5.82 Å². The minimum Gasteiger partial charge on any atom is -0.378 e. The number of rotatable bonds is 3. The first-order chi connectivity index (χ1) is 12.3. The van der Waals surface area contributed by atoms with Crippen LogP contribution in [-0.4, -0.2) is 64.7 Å². The zero-order valence-electron chi connectivity index (χ0n) is 14.3. The topological polar surface area (TPSA) is 63.5 Å². The van der Waals surface area contributed by atoms with Crippen molar-refractivity contribution in [3.63, 3.8) is 0 Å². The number of amides is 1. The summed E-state index contributed by atoms with van der Waals surface area (Å²) in [6.45, 7) is 4.67. The van der Waals surface area contributed by atoms with Crippen molar-refractivity contribution in [3.8, 4) is 0 Å².